The highest BCUT2D eigenvalue weighted by molar-refractivity contribution is 6.31. The van der Waals surface area contributed by atoms with Crippen molar-refractivity contribution in [1.29, 1.82) is 0 Å². The van der Waals surface area contributed by atoms with Crippen molar-refractivity contribution in [3.05, 3.63) is 70.4 Å². The second-order valence-electron chi connectivity index (χ2n) is 7.25. The molecular weight excluding hydrogens is 356 g/mol. The molecule has 0 bridgehead atoms. The van der Waals surface area contributed by atoms with Crippen molar-refractivity contribution in [3.8, 4) is 11.8 Å². The van der Waals surface area contributed by atoms with Crippen LogP contribution in [-0.4, -0.2) is 22.9 Å². The third kappa shape index (κ3) is 3.60. The predicted molar refractivity (Wildman–Crippen MR) is 112 cm³/mol. The maximum absolute atomic E-state index is 6.13. The second-order valence-corrected chi connectivity index (χ2v) is 7.69. The fraction of sp³-hybridized carbons (Fsp3) is 0.182. The number of aromatic nitrogens is 1. The first-order chi connectivity index (χ1) is 12.9. The van der Waals surface area contributed by atoms with E-state index >= 15 is 0 Å². The quantitative estimate of drug-likeness (QED) is 0.633. The lowest BCUT2D eigenvalue weighted by molar-refractivity contribution is 0.506. The molecule has 134 valence electrons. The van der Waals surface area contributed by atoms with E-state index in [9.17, 15) is 0 Å². The molecule has 0 amide bonds. The number of nitrogens with two attached hydrogens (primary N) is 1. The number of hydrogen-bond donors (Lipinski definition) is 2. The van der Waals surface area contributed by atoms with Crippen LogP contribution < -0.4 is 11.1 Å². The van der Waals surface area contributed by atoms with Crippen LogP contribution >= 0.6 is 11.6 Å². The summed E-state index contributed by atoms with van der Waals surface area (Å²) in [6.45, 7) is 5.05. The molecule has 0 radical (unpaired) electrons. The van der Waals surface area contributed by atoms with Gasteiger partial charge >= 0.3 is 0 Å². The number of nitrogens with zero attached hydrogens (tertiary/aromatic N) is 2. The van der Waals surface area contributed by atoms with E-state index in [1.165, 1.54) is 0 Å². The van der Waals surface area contributed by atoms with Gasteiger partial charge in [-0.3, -0.25) is 4.99 Å². The van der Waals surface area contributed by atoms with E-state index in [2.05, 4.69) is 41.0 Å². The molecule has 0 aliphatic carbocycles. The summed E-state index contributed by atoms with van der Waals surface area (Å²) >= 11 is 6.13. The highest BCUT2D eigenvalue weighted by Gasteiger charge is 2.25. The molecule has 0 fully saturated rings. The highest BCUT2D eigenvalue weighted by Crippen LogP contribution is 2.25. The van der Waals surface area contributed by atoms with E-state index in [0.717, 1.165) is 34.3 Å². The molecule has 5 heteroatoms. The van der Waals surface area contributed by atoms with Gasteiger partial charge in [-0.2, -0.15) is 0 Å². The van der Waals surface area contributed by atoms with Crippen LogP contribution in [0.25, 0.3) is 10.8 Å². The van der Waals surface area contributed by atoms with Gasteiger partial charge in [-0.15, -0.1) is 0 Å². The Labute approximate surface area is 163 Å². The van der Waals surface area contributed by atoms with Gasteiger partial charge in [-0.05, 0) is 38.1 Å². The average molecular weight is 375 g/mol. The Morgan fingerprint density at radius 1 is 1.11 bits per heavy atom. The monoisotopic (exact) mass is 374 g/mol. The first-order valence-electron chi connectivity index (χ1n) is 8.70. The van der Waals surface area contributed by atoms with E-state index in [0.29, 0.717) is 16.4 Å². The highest BCUT2D eigenvalue weighted by atomic mass is 35.5. The standard InChI is InChI=1S/C22H19ClN4/c1-22(2)13-26-21(27-22)15-6-3-14(4-7-15)5-10-18-19-11-17(23)9-8-16(19)12-25-20(18)24/h3-4,6-9,11-12H,13H2,1-2H3,(H2,24,25)(H,26,27). The first-order valence-corrected chi connectivity index (χ1v) is 9.08. The molecule has 27 heavy (non-hydrogen) atoms. The number of hydrogen-bond acceptors (Lipinski definition) is 4. The summed E-state index contributed by atoms with van der Waals surface area (Å²) in [5.41, 5.74) is 8.71. The van der Waals surface area contributed by atoms with Crippen molar-refractivity contribution in [2.45, 2.75) is 19.4 Å². The lowest BCUT2D eigenvalue weighted by Crippen LogP contribution is -2.39. The Morgan fingerprint density at radius 2 is 1.89 bits per heavy atom. The number of nitrogen functional groups attached to an aromatic ring is 1. The molecule has 3 N–H and O–H groups in total. The van der Waals surface area contributed by atoms with Crippen molar-refractivity contribution in [2.24, 2.45) is 4.99 Å². The van der Waals surface area contributed by atoms with Gasteiger partial charge in [0.25, 0.3) is 0 Å². The van der Waals surface area contributed by atoms with Gasteiger partial charge in [0.1, 0.15) is 11.7 Å². The number of amidine groups is 1. The molecular formula is C22H19ClN4. The zero-order valence-electron chi connectivity index (χ0n) is 15.2. The third-order valence-corrected chi connectivity index (χ3v) is 4.70. The molecule has 0 saturated carbocycles. The van der Waals surface area contributed by atoms with Gasteiger partial charge in [0, 0.05) is 33.1 Å². The Kier molecular flexibility index (Phi) is 4.25. The minimum atomic E-state index is 0.00791. The summed E-state index contributed by atoms with van der Waals surface area (Å²) < 4.78 is 0. The zero-order valence-corrected chi connectivity index (χ0v) is 15.9. The van der Waals surface area contributed by atoms with Crippen LogP contribution in [-0.2, 0) is 0 Å². The molecule has 3 aromatic rings. The van der Waals surface area contributed by atoms with E-state index in [-0.39, 0.29) is 5.54 Å². The summed E-state index contributed by atoms with van der Waals surface area (Å²) in [5.74, 6) is 7.66. The summed E-state index contributed by atoms with van der Waals surface area (Å²) in [6, 6.07) is 13.6. The number of benzene rings is 2. The summed E-state index contributed by atoms with van der Waals surface area (Å²) in [7, 11) is 0. The molecule has 4 rings (SSSR count). The Hall–Kier alpha value is -3.03. The summed E-state index contributed by atoms with van der Waals surface area (Å²) in [6.07, 6.45) is 1.73. The molecule has 2 heterocycles. The van der Waals surface area contributed by atoms with Gasteiger partial charge < -0.3 is 11.1 Å². The molecule has 0 saturated heterocycles. The number of pyridine rings is 1. The molecule has 1 aliphatic rings. The number of halogens is 1. The normalized spacial score (nSPS) is 15.0. The van der Waals surface area contributed by atoms with E-state index < -0.39 is 0 Å². The third-order valence-electron chi connectivity index (χ3n) is 4.46. The zero-order chi connectivity index (χ0) is 19.0. The summed E-state index contributed by atoms with van der Waals surface area (Å²) in [4.78, 5) is 8.81. The molecule has 0 spiro atoms. The van der Waals surface area contributed by atoms with Crippen LogP contribution in [0.5, 0.6) is 0 Å². The fourth-order valence-electron chi connectivity index (χ4n) is 3.02. The van der Waals surface area contributed by atoms with Crippen molar-refractivity contribution in [2.75, 3.05) is 12.3 Å². The van der Waals surface area contributed by atoms with Crippen LogP contribution in [0.15, 0.2) is 53.7 Å². The van der Waals surface area contributed by atoms with Crippen molar-refractivity contribution < 1.29 is 0 Å². The summed E-state index contributed by atoms with van der Waals surface area (Å²) in [5, 5.41) is 5.95. The minimum Gasteiger partial charge on any atom is -0.383 e. The smallest absolute Gasteiger partial charge is 0.139 e. The second kappa shape index (κ2) is 6.61. The van der Waals surface area contributed by atoms with Gasteiger partial charge in [0.15, 0.2) is 0 Å². The van der Waals surface area contributed by atoms with Crippen LogP contribution in [0.4, 0.5) is 5.82 Å². The minimum absolute atomic E-state index is 0.00791. The topological polar surface area (TPSA) is 63.3 Å². The first kappa shape index (κ1) is 17.4. The van der Waals surface area contributed by atoms with Crippen LogP contribution in [0.1, 0.15) is 30.5 Å². The Balaban J connectivity index is 1.65. The fourth-order valence-corrected chi connectivity index (χ4v) is 3.19. The number of rotatable bonds is 1. The SMILES string of the molecule is CC1(C)CN=C(c2ccc(C#Cc3c(N)ncc4ccc(Cl)cc34)cc2)N1. The number of aliphatic imine (C=N–C) groups is 1. The lowest BCUT2D eigenvalue weighted by atomic mass is 10.1. The van der Waals surface area contributed by atoms with Crippen molar-refractivity contribution in [3.63, 3.8) is 0 Å². The van der Waals surface area contributed by atoms with Crippen molar-refractivity contribution >= 4 is 34.0 Å². The molecule has 0 unspecified atom stereocenters. The number of fused-ring (bicyclic) bond motifs is 1. The Bertz CT molecular complexity index is 1110. The van der Waals surface area contributed by atoms with Gasteiger partial charge in [0.05, 0.1) is 17.6 Å². The van der Waals surface area contributed by atoms with Crippen LogP contribution in [0.3, 0.4) is 0 Å². The molecule has 4 nitrogen and oxygen atoms in total. The van der Waals surface area contributed by atoms with E-state index in [1.54, 1.807) is 6.20 Å². The molecule has 1 aliphatic heterocycles. The number of nitrogens with one attached hydrogen (secondary N) is 1. The molecule has 1 aromatic heterocycles. The predicted octanol–water partition coefficient (Wildman–Crippen LogP) is 4.00. The lowest BCUT2D eigenvalue weighted by Gasteiger charge is -2.18. The average Bonchev–Trinajstić information content (AvgIpc) is 3.01. The van der Waals surface area contributed by atoms with E-state index in [4.69, 9.17) is 17.3 Å². The van der Waals surface area contributed by atoms with Gasteiger partial charge in [0.2, 0.25) is 0 Å². The van der Waals surface area contributed by atoms with Gasteiger partial charge in [-0.25, -0.2) is 4.98 Å². The maximum atomic E-state index is 6.13. The maximum Gasteiger partial charge on any atom is 0.139 e. The molecule has 2 aromatic carbocycles. The largest absolute Gasteiger partial charge is 0.383 e. The van der Waals surface area contributed by atoms with Crippen molar-refractivity contribution in [1.82, 2.24) is 10.3 Å². The van der Waals surface area contributed by atoms with E-state index in [1.807, 2.05) is 42.5 Å². The van der Waals surface area contributed by atoms with Crippen LogP contribution in [0, 0.1) is 11.8 Å². The Morgan fingerprint density at radius 3 is 2.59 bits per heavy atom. The van der Waals surface area contributed by atoms with Gasteiger partial charge in [-0.1, -0.05) is 41.6 Å². The number of anilines is 1. The molecule has 0 atom stereocenters. The van der Waals surface area contributed by atoms with Crippen LogP contribution in [0.2, 0.25) is 5.02 Å².